The molecule has 0 unspecified atom stereocenters. The Bertz CT molecular complexity index is 818. The first-order valence-corrected chi connectivity index (χ1v) is 12.8. The molecule has 1 aliphatic carbocycles. The van der Waals surface area contributed by atoms with E-state index in [-0.39, 0.29) is 18.2 Å². The van der Waals surface area contributed by atoms with Crippen LogP contribution < -0.4 is 9.46 Å². The Kier molecular flexibility index (Phi) is 5.95. The van der Waals surface area contributed by atoms with Crippen LogP contribution >= 0.6 is 0 Å². The van der Waals surface area contributed by atoms with Crippen LogP contribution in [-0.2, 0) is 14.8 Å². The molecule has 162 valence electrons. The maximum atomic E-state index is 12.0. The first-order chi connectivity index (χ1) is 13.7. The van der Waals surface area contributed by atoms with Crippen LogP contribution in [0.1, 0.15) is 63.9 Å². The van der Waals surface area contributed by atoms with E-state index in [1.807, 2.05) is 6.07 Å². The Morgan fingerprint density at radius 2 is 1.83 bits per heavy atom. The Morgan fingerprint density at radius 3 is 2.55 bits per heavy atom. The summed E-state index contributed by atoms with van der Waals surface area (Å²) in [5.41, 5.74) is 0.722. The number of hydrogen-bond donors (Lipinski definition) is 1. The van der Waals surface area contributed by atoms with Crippen molar-refractivity contribution in [2.24, 2.45) is 0 Å². The summed E-state index contributed by atoms with van der Waals surface area (Å²) in [5.74, 6) is 1.47. The summed E-state index contributed by atoms with van der Waals surface area (Å²) in [5, 5.41) is 0. The van der Waals surface area contributed by atoms with Gasteiger partial charge in [-0.05, 0) is 69.9 Å². The fraction of sp³-hybridized carbons (Fsp3) is 0.727. The van der Waals surface area contributed by atoms with Gasteiger partial charge in [-0.15, -0.1) is 0 Å². The van der Waals surface area contributed by atoms with Crippen molar-refractivity contribution in [2.45, 2.75) is 82.2 Å². The van der Waals surface area contributed by atoms with Gasteiger partial charge < -0.3 is 9.47 Å². The summed E-state index contributed by atoms with van der Waals surface area (Å²) in [6, 6.07) is 8.19. The number of piperidine rings is 1. The van der Waals surface area contributed by atoms with Gasteiger partial charge in [0.1, 0.15) is 5.75 Å². The van der Waals surface area contributed by atoms with Gasteiger partial charge in [0.15, 0.2) is 5.72 Å². The minimum Gasteiger partial charge on any atom is -0.473 e. The molecule has 3 heterocycles. The van der Waals surface area contributed by atoms with E-state index in [1.165, 1.54) is 11.8 Å². The number of benzene rings is 1. The van der Waals surface area contributed by atoms with Crippen molar-refractivity contribution >= 4 is 10.0 Å². The highest BCUT2D eigenvalue weighted by atomic mass is 32.2. The SMILES string of the molecule is CC1(C)Oc2ccccc2C2CCC(CC2)OC[C@H]2[C@@H](NS(C)(=O)=O)CCCN21. The molecule has 0 aromatic heterocycles. The smallest absolute Gasteiger partial charge is 0.209 e. The normalized spacial score (nSPS) is 32.9. The first kappa shape index (κ1) is 21.1. The number of hydrogen-bond acceptors (Lipinski definition) is 5. The number of fused-ring (bicyclic) bond motifs is 4. The summed E-state index contributed by atoms with van der Waals surface area (Å²) in [7, 11) is -3.29. The molecule has 7 heteroatoms. The quantitative estimate of drug-likeness (QED) is 0.792. The highest BCUT2D eigenvalue weighted by Crippen LogP contribution is 2.41. The monoisotopic (exact) mass is 422 g/mol. The molecule has 1 N–H and O–H groups in total. The zero-order valence-electron chi connectivity index (χ0n) is 17.8. The number of nitrogens with one attached hydrogen (secondary N) is 1. The van der Waals surface area contributed by atoms with E-state index in [0.717, 1.165) is 50.8 Å². The number of nitrogens with zero attached hydrogens (tertiary/aromatic N) is 1. The number of sulfonamides is 1. The Balaban J connectivity index is 1.70. The molecule has 4 aliphatic rings. The van der Waals surface area contributed by atoms with Crippen LogP contribution in [0.15, 0.2) is 24.3 Å². The van der Waals surface area contributed by atoms with Crippen molar-refractivity contribution in [2.75, 3.05) is 19.4 Å². The highest BCUT2D eigenvalue weighted by molar-refractivity contribution is 7.88. The Morgan fingerprint density at radius 1 is 1.10 bits per heavy atom. The predicted molar refractivity (Wildman–Crippen MR) is 114 cm³/mol. The van der Waals surface area contributed by atoms with Crippen molar-refractivity contribution in [3.8, 4) is 5.75 Å². The first-order valence-electron chi connectivity index (χ1n) is 10.9. The molecule has 29 heavy (non-hydrogen) atoms. The standard InChI is InChI=1S/C22H34N2O4S/c1-22(2)24-14-6-8-19(23-29(3,25)26)20(24)15-27-17-12-10-16(11-13-17)18-7-4-5-9-21(18)28-22/h4-5,7,9,16-17,19-20,23H,6,8,10-15H2,1-3H3/t16?,17?,19-,20-/m0/s1. The summed E-state index contributed by atoms with van der Waals surface area (Å²) >= 11 is 0. The lowest BCUT2D eigenvalue weighted by atomic mass is 9.82. The van der Waals surface area contributed by atoms with Gasteiger partial charge in [-0.1, -0.05) is 18.2 Å². The fourth-order valence-corrected chi connectivity index (χ4v) is 6.18. The van der Waals surface area contributed by atoms with E-state index >= 15 is 0 Å². The predicted octanol–water partition coefficient (Wildman–Crippen LogP) is 3.24. The molecule has 0 amide bonds. The van der Waals surface area contributed by atoms with E-state index in [9.17, 15) is 8.42 Å². The molecule has 1 aromatic rings. The average molecular weight is 423 g/mol. The zero-order chi connectivity index (χ0) is 20.6. The van der Waals surface area contributed by atoms with Gasteiger partial charge in [-0.25, -0.2) is 13.1 Å². The van der Waals surface area contributed by atoms with Gasteiger partial charge in [0, 0.05) is 12.6 Å². The summed E-state index contributed by atoms with van der Waals surface area (Å²) in [6.45, 7) is 5.56. The van der Waals surface area contributed by atoms with Gasteiger partial charge >= 0.3 is 0 Å². The van der Waals surface area contributed by atoms with Crippen LogP contribution in [0.25, 0.3) is 0 Å². The molecule has 0 radical (unpaired) electrons. The maximum Gasteiger partial charge on any atom is 0.209 e. The van der Waals surface area contributed by atoms with Crippen LogP contribution in [0, 0.1) is 0 Å². The minimum absolute atomic E-state index is 0.0576. The van der Waals surface area contributed by atoms with Crippen LogP contribution in [0.5, 0.6) is 5.75 Å². The molecule has 0 spiro atoms. The second kappa shape index (κ2) is 8.17. The molecule has 2 atom stereocenters. The molecular weight excluding hydrogens is 388 g/mol. The largest absolute Gasteiger partial charge is 0.473 e. The molecule has 1 saturated carbocycles. The van der Waals surface area contributed by atoms with Gasteiger partial charge in [-0.2, -0.15) is 0 Å². The zero-order valence-corrected chi connectivity index (χ0v) is 18.6. The molecule has 2 fully saturated rings. The van der Waals surface area contributed by atoms with E-state index in [2.05, 4.69) is 41.7 Å². The average Bonchev–Trinajstić information content (AvgIpc) is 2.65. The summed E-state index contributed by atoms with van der Waals surface area (Å²) in [6.07, 6.45) is 7.51. The van der Waals surface area contributed by atoms with Gasteiger partial charge in [0.25, 0.3) is 0 Å². The van der Waals surface area contributed by atoms with E-state index in [1.54, 1.807) is 0 Å². The van der Waals surface area contributed by atoms with Gasteiger partial charge in [0.2, 0.25) is 10.0 Å². The van der Waals surface area contributed by atoms with Crippen molar-refractivity contribution in [1.29, 1.82) is 0 Å². The lowest BCUT2D eigenvalue weighted by Gasteiger charge is -2.49. The van der Waals surface area contributed by atoms with Crippen molar-refractivity contribution < 1.29 is 17.9 Å². The Hall–Kier alpha value is -1.15. The third kappa shape index (κ3) is 4.79. The van der Waals surface area contributed by atoms with Crippen LogP contribution in [0.2, 0.25) is 0 Å². The topological polar surface area (TPSA) is 67.9 Å². The second-order valence-electron chi connectivity index (χ2n) is 9.29. The third-order valence-electron chi connectivity index (χ3n) is 6.73. The molecule has 1 aromatic carbocycles. The Labute approximate surface area is 175 Å². The van der Waals surface area contributed by atoms with Crippen LogP contribution in [-0.4, -0.2) is 56.6 Å². The van der Waals surface area contributed by atoms with Gasteiger partial charge in [0.05, 0.1) is 25.0 Å². The minimum atomic E-state index is -3.29. The van der Waals surface area contributed by atoms with Crippen LogP contribution in [0.3, 0.4) is 0 Å². The molecule has 1 saturated heterocycles. The van der Waals surface area contributed by atoms with E-state index in [0.29, 0.717) is 12.5 Å². The fourth-order valence-electron chi connectivity index (χ4n) is 5.36. The summed E-state index contributed by atoms with van der Waals surface area (Å²) < 4.78 is 39.9. The van der Waals surface area contributed by atoms with Crippen LogP contribution in [0.4, 0.5) is 0 Å². The third-order valence-corrected chi connectivity index (χ3v) is 7.46. The highest BCUT2D eigenvalue weighted by Gasteiger charge is 2.43. The lowest BCUT2D eigenvalue weighted by molar-refractivity contribution is -0.126. The summed E-state index contributed by atoms with van der Waals surface area (Å²) in [4.78, 5) is 2.30. The maximum absolute atomic E-state index is 12.0. The van der Waals surface area contributed by atoms with E-state index < -0.39 is 15.7 Å². The molecule has 2 bridgehead atoms. The number of rotatable bonds is 2. The van der Waals surface area contributed by atoms with Crippen molar-refractivity contribution in [3.63, 3.8) is 0 Å². The number of ether oxygens (including phenoxy) is 2. The van der Waals surface area contributed by atoms with Crippen molar-refractivity contribution in [1.82, 2.24) is 9.62 Å². The lowest BCUT2D eigenvalue weighted by Crippen LogP contribution is -2.64. The molecule has 3 aliphatic heterocycles. The van der Waals surface area contributed by atoms with Gasteiger partial charge in [-0.3, -0.25) is 4.90 Å². The number of para-hydroxylation sites is 1. The second-order valence-corrected chi connectivity index (χ2v) is 11.1. The molecule has 5 rings (SSSR count). The molecule has 6 nitrogen and oxygen atoms in total. The van der Waals surface area contributed by atoms with Crippen molar-refractivity contribution in [3.05, 3.63) is 29.8 Å². The molecular formula is C22H34N2O4S. The van der Waals surface area contributed by atoms with E-state index in [4.69, 9.17) is 9.47 Å².